The second kappa shape index (κ2) is 5.63. The highest BCUT2D eigenvalue weighted by Gasteiger charge is 2.22. The Morgan fingerprint density at radius 2 is 2.38 bits per heavy atom. The summed E-state index contributed by atoms with van der Waals surface area (Å²) in [6, 6.07) is 1.90. The average Bonchev–Trinajstić information content (AvgIpc) is 3.05. The predicted octanol–water partition coefficient (Wildman–Crippen LogP) is 1.39. The molecule has 1 unspecified atom stereocenters. The van der Waals surface area contributed by atoms with Gasteiger partial charge < -0.3 is 5.32 Å². The van der Waals surface area contributed by atoms with Gasteiger partial charge in [-0.3, -0.25) is 9.59 Å². The van der Waals surface area contributed by atoms with Gasteiger partial charge in [0.1, 0.15) is 0 Å². The fourth-order valence-electron chi connectivity index (χ4n) is 2.68. The normalized spacial score (nSPS) is 18.1. The van der Waals surface area contributed by atoms with Crippen LogP contribution in [-0.2, 0) is 11.2 Å². The standard InChI is InChI=1S/C15H18N4O2/c1-2-3-13(20)12-9-17-19-5-4-11(18-15(12)19)6-10-7-14(21)16-8-10/h4-5,9-10H,2-3,6-8H2,1H3,(H,16,21). The van der Waals surface area contributed by atoms with Crippen LogP contribution in [0, 0.1) is 5.92 Å². The molecule has 6 nitrogen and oxygen atoms in total. The van der Waals surface area contributed by atoms with E-state index in [0.29, 0.717) is 30.6 Å². The van der Waals surface area contributed by atoms with E-state index in [1.54, 1.807) is 10.7 Å². The summed E-state index contributed by atoms with van der Waals surface area (Å²) in [5.74, 6) is 0.462. The first-order valence-corrected chi connectivity index (χ1v) is 7.30. The number of rotatable bonds is 5. The van der Waals surface area contributed by atoms with Crippen LogP contribution in [0.15, 0.2) is 18.5 Å². The maximum absolute atomic E-state index is 12.1. The van der Waals surface area contributed by atoms with E-state index < -0.39 is 0 Å². The lowest BCUT2D eigenvalue weighted by Crippen LogP contribution is -2.14. The minimum absolute atomic E-state index is 0.0786. The molecule has 2 aromatic heterocycles. The molecule has 3 rings (SSSR count). The zero-order valence-corrected chi connectivity index (χ0v) is 12.0. The van der Waals surface area contributed by atoms with Crippen molar-refractivity contribution in [2.24, 2.45) is 5.92 Å². The van der Waals surface area contributed by atoms with Gasteiger partial charge in [0.15, 0.2) is 11.4 Å². The first-order valence-electron chi connectivity index (χ1n) is 7.30. The van der Waals surface area contributed by atoms with Crippen molar-refractivity contribution in [3.8, 4) is 0 Å². The molecule has 0 spiro atoms. The van der Waals surface area contributed by atoms with Crippen molar-refractivity contribution in [2.45, 2.75) is 32.6 Å². The lowest BCUT2D eigenvalue weighted by atomic mass is 10.0. The van der Waals surface area contributed by atoms with Crippen molar-refractivity contribution in [3.05, 3.63) is 29.7 Å². The van der Waals surface area contributed by atoms with Gasteiger partial charge in [-0.2, -0.15) is 5.10 Å². The molecule has 21 heavy (non-hydrogen) atoms. The molecule has 1 amide bonds. The van der Waals surface area contributed by atoms with Gasteiger partial charge in [0.05, 0.1) is 11.8 Å². The molecule has 0 aromatic carbocycles. The molecule has 0 bridgehead atoms. The molecule has 6 heteroatoms. The minimum Gasteiger partial charge on any atom is -0.356 e. The van der Waals surface area contributed by atoms with Crippen LogP contribution in [-0.4, -0.2) is 32.8 Å². The second-order valence-electron chi connectivity index (χ2n) is 5.50. The van der Waals surface area contributed by atoms with Crippen LogP contribution in [0.1, 0.15) is 42.2 Å². The van der Waals surface area contributed by atoms with Gasteiger partial charge in [-0.25, -0.2) is 9.50 Å². The third-order valence-corrected chi connectivity index (χ3v) is 3.76. The first kappa shape index (κ1) is 13.7. The summed E-state index contributed by atoms with van der Waals surface area (Å²) in [5.41, 5.74) is 2.10. The van der Waals surface area contributed by atoms with Gasteiger partial charge in [-0.1, -0.05) is 6.92 Å². The van der Waals surface area contributed by atoms with Crippen LogP contribution in [0.25, 0.3) is 5.65 Å². The smallest absolute Gasteiger partial charge is 0.220 e. The number of nitrogens with zero attached hydrogens (tertiary/aromatic N) is 3. The number of ketones is 1. The van der Waals surface area contributed by atoms with Gasteiger partial charge in [0.25, 0.3) is 0 Å². The van der Waals surface area contributed by atoms with Crippen molar-refractivity contribution in [1.29, 1.82) is 0 Å². The third-order valence-electron chi connectivity index (χ3n) is 3.76. The van der Waals surface area contributed by atoms with Crippen molar-refractivity contribution >= 4 is 17.3 Å². The van der Waals surface area contributed by atoms with Crippen molar-refractivity contribution in [2.75, 3.05) is 6.54 Å². The summed E-state index contributed by atoms with van der Waals surface area (Å²) in [6.07, 6.45) is 6.02. The number of aromatic nitrogens is 3. The fraction of sp³-hybridized carbons (Fsp3) is 0.467. The molecule has 0 saturated carbocycles. The number of carbonyl (C=O) groups excluding carboxylic acids is 2. The number of hydrogen-bond donors (Lipinski definition) is 1. The Hall–Kier alpha value is -2.24. The van der Waals surface area contributed by atoms with Crippen LogP contribution in [0.3, 0.4) is 0 Å². The highest BCUT2D eigenvalue weighted by molar-refractivity contribution is 6.01. The molecular formula is C15H18N4O2. The lowest BCUT2D eigenvalue weighted by molar-refractivity contribution is -0.119. The second-order valence-corrected chi connectivity index (χ2v) is 5.50. The van der Waals surface area contributed by atoms with Crippen LogP contribution in [0.5, 0.6) is 0 Å². The third kappa shape index (κ3) is 2.79. The number of nitrogens with one attached hydrogen (secondary N) is 1. The van der Waals surface area contributed by atoms with Gasteiger partial charge in [-0.05, 0) is 24.8 Å². The Labute approximate surface area is 122 Å². The predicted molar refractivity (Wildman–Crippen MR) is 77.0 cm³/mol. The molecule has 0 aliphatic carbocycles. The van der Waals surface area contributed by atoms with E-state index in [0.717, 1.165) is 18.5 Å². The Kier molecular flexibility index (Phi) is 3.68. The van der Waals surface area contributed by atoms with E-state index in [1.807, 2.05) is 19.2 Å². The molecule has 0 radical (unpaired) electrons. The highest BCUT2D eigenvalue weighted by Crippen LogP contribution is 2.17. The largest absolute Gasteiger partial charge is 0.356 e. The summed E-state index contributed by atoms with van der Waals surface area (Å²) in [4.78, 5) is 27.9. The van der Waals surface area contributed by atoms with Crippen molar-refractivity contribution in [3.63, 3.8) is 0 Å². The number of hydrogen-bond acceptors (Lipinski definition) is 4. The summed E-state index contributed by atoms with van der Waals surface area (Å²) in [6.45, 7) is 2.68. The number of carbonyl (C=O) groups is 2. The number of amides is 1. The maximum Gasteiger partial charge on any atom is 0.220 e. The first-order chi connectivity index (χ1) is 10.2. The molecule has 1 saturated heterocycles. The van der Waals surface area contributed by atoms with Crippen LogP contribution >= 0.6 is 0 Å². The summed E-state index contributed by atoms with van der Waals surface area (Å²) >= 11 is 0. The van der Waals surface area contributed by atoms with Crippen LogP contribution in [0.2, 0.25) is 0 Å². The Balaban J connectivity index is 1.86. The van der Waals surface area contributed by atoms with Crippen LogP contribution < -0.4 is 5.32 Å². The molecule has 3 heterocycles. The SMILES string of the molecule is CCCC(=O)c1cnn2ccc(CC3CNC(=O)C3)nc12. The molecule has 1 fully saturated rings. The van der Waals surface area contributed by atoms with Crippen molar-refractivity contribution < 1.29 is 9.59 Å². The highest BCUT2D eigenvalue weighted by atomic mass is 16.1. The topological polar surface area (TPSA) is 76.4 Å². The minimum atomic E-state index is 0.0786. The summed E-state index contributed by atoms with van der Waals surface area (Å²) in [5, 5.41) is 7.00. The number of fused-ring (bicyclic) bond motifs is 1. The zero-order valence-electron chi connectivity index (χ0n) is 12.0. The van der Waals surface area contributed by atoms with E-state index in [9.17, 15) is 9.59 Å². The Bertz CT molecular complexity index is 692. The lowest BCUT2D eigenvalue weighted by Gasteiger charge is -2.07. The fourth-order valence-corrected chi connectivity index (χ4v) is 2.68. The molecule has 110 valence electrons. The van der Waals surface area contributed by atoms with E-state index >= 15 is 0 Å². The Morgan fingerprint density at radius 1 is 1.52 bits per heavy atom. The summed E-state index contributed by atoms with van der Waals surface area (Å²) in [7, 11) is 0. The van der Waals surface area contributed by atoms with Gasteiger partial charge in [-0.15, -0.1) is 0 Å². The van der Waals surface area contributed by atoms with Gasteiger partial charge >= 0.3 is 0 Å². The molecule has 1 atom stereocenters. The Morgan fingerprint density at radius 3 is 3.10 bits per heavy atom. The molecular weight excluding hydrogens is 268 g/mol. The quantitative estimate of drug-likeness (QED) is 0.843. The van der Waals surface area contributed by atoms with E-state index in [-0.39, 0.29) is 17.6 Å². The number of Topliss-reactive ketones (excluding diaryl/α,β-unsaturated/α-hetero) is 1. The van der Waals surface area contributed by atoms with Gasteiger partial charge in [0, 0.05) is 31.3 Å². The van der Waals surface area contributed by atoms with E-state index in [1.165, 1.54) is 0 Å². The van der Waals surface area contributed by atoms with E-state index in [2.05, 4.69) is 15.4 Å². The van der Waals surface area contributed by atoms with Crippen molar-refractivity contribution in [1.82, 2.24) is 19.9 Å². The summed E-state index contributed by atoms with van der Waals surface area (Å²) < 4.78 is 1.63. The zero-order chi connectivity index (χ0) is 14.8. The average molecular weight is 286 g/mol. The van der Waals surface area contributed by atoms with Gasteiger partial charge in [0.2, 0.25) is 5.91 Å². The van der Waals surface area contributed by atoms with Crippen LogP contribution in [0.4, 0.5) is 0 Å². The monoisotopic (exact) mass is 286 g/mol. The molecule has 1 aliphatic rings. The van der Waals surface area contributed by atoms with E-state index in [4.69, 9.17) is 0 Å². The molecule has 1 N–H and O–H groups in total. The maximum atomic E-state index is 12.1. The molecule has 2 aromatic rings. The molecule has 1 aliphatic heterocycles.